The highest BCUT2D eigenvalue weighted by Crippen LogP contribution is 2.28. The van der Waals surface area contributed by atoms with Gasteiger partial charge in [0.05, 0.1) is 53.8 Å². The molecule has 28 nitrogen and oxygen atoms in total. The average molecular weight is 1330 g/mol. The van der Waals surface area contributed by atoms with Gasteiger partial charge in [0.15, 0.2) is 0 Å². The van der Waals surface area contributed by atoms with E-state index in [0.29, 0.717) is 97.2 Å². The molecule has 0 radical (unpaired) electrons. The predicted octanol–water partition coefficient (Wildman–Crippen LogP) is -1.30. The van der Waals surface area contributed by atoms with Crippen LogP contribution < -0.4 is 85.5 Å². The van der Waals surface area contributed by atoms with Crippen LogP contribution in [0.4, 0.5) is 0 Å². The van der Waals surface area contributed by atoms with Crippen LogP contribution in [0, 0.1) is 59.2 Å². The molecule has 532 valence electrons. The van der Waals surface area contributed by atoms with Gasteiger partial charge in [0, 0.05) is 141 Å². The molecule has 94 heavy (non-hydrogen) atoms. The molecule has 12 amide bonds. The van der Waals surface area contributed by atoms with E-state index in [9.17, 15) is 57.5 Å². The lowest BCUT2D eigenvalue weighted by Crippen LogP contribution is -2.53. The SMILES string of the molecule is CC(=O)N[C@H](CC(=O)N[C@H]1CNC[C@@H]1C(=O)N[C@H](CC(=O)NCCC(=O)N[C@H]1CNC[C@@H]1C(=O)N[C@H](CC(=O)N[C@H]1CNC[C@@H]1C(=O)N[C@H]1CCC[C@@H]1C(=O)N[C@H](CC(=O)N[C@H]1CNC[C@@H]1C(=O)N[C@H](CC(N)=O)CC(C)C)CC(C)C)CC(C)C)CC(C)C)CC(C)C. The largest absolute Gasteiger partial charge is 0.370 e. The van der Waals surface area contributed by atoms with Gasteiger partial charge in [-0.25, -0.2) is 0 Å². The first-order chi connectivity index (χ1) is 44.4. The zero-order valence-electron chi connectivity index (χ0n) is 57.8. The van der Waals surface area contributed by atoms with Gasteiger partial charge in [-0.3, -0.25) is 57.5 Å². The number of nitrogens with two attached hydrogens (primary N) is 1. The first-order valence-corrected chi connectivity index (χ1v) is 34.8. The maximum Gasteiger partial charge on any atom is 0.226 e. The van der Waals surface area contributed by atoms with Crippen molar-refractivity contribution in [2.45, 2.75) is 226 Å². The smallest absolute Gasteiger partial charge is 0.226 e. The molecule has 4 aliphatic heterocycles. The molecule has 15 atom stereocenters. The second-order valence-electron chi connectivity index (χ2n) is 29.4. The summed E-state index contributed by atoms with van der Waals surface area (Å²) in [6.07, 6.45) is 4.44. The lowest BCUT2D eigenvalue weighted by Gasteiger charge is -2.28. The van der Waals surface area contributed by atoms with Crippen molar-refractivity contribution in [3.8, 4) is 0 Å². The molecular formula is C66H116N16O12. The number of hydrogen-bond acceptors (Lipinski definition) is 16. The van der Waals surface area contributed by atoms with E-state index in [2.05, 4.69) is 79.8 Å². The van der Waals surface area contributed by atoms with Crippen LogP contribution in [0.1, 0.15) is 166 Å². The predicted molar refractivity (Wildman–Crippen MR) is 355 cm³/mol. The Labute approximate surface area is 556 Å². The Balaban J connectivity index is 1.06. The fourth-order valence-electron chi connectivity index (χ4n) is 14.1. The molecule has 0 spiro atoms. The normalized spacial score (nSPS) is 25.0. The molecule has 4 heterocycles. The minimum absolute atomic E-state index is 0.0143. The van der Waals surface area contributed by atoms with E-state index < -0.39 is 89.9 Å². The van der Waals surface area contributed by atoms with Gasteiger partial charge >= 0.3 is 0 Å². The summed E-state index contributed by atoms with van der Waals surface area (Å²) in [4.78, 5) is 160. The van der Waals surface area contributed by atoms with Crippen molar-refractivity contribution in [3.63, 3.8) is 0 Å². The van der Waals surface area contributed by atoms with Crippen molar-refractivity contribution < 1.29 is 57.5 Å². The van der Waals surface area contributed by atoms with Crippen LogP contribution in [0.5, 0.6) is 0 Å². The summed E-state index contributed by atoms with van der Waals surface area (Å²) in [5.74, 6) is -6.00. The summed E-state index contributed by atoms with van der Waals surface area (Å²) in [7, 11) is 0. The van der Waals surface area contributed by atoms with E-state index in [1.807, 2.05) is 69.2 Å². The maximum atomic E-state index is 14.1. The van der Waals surface area contributed by atoms with Crippen LogP contribution in [0.3, 0.4) is 0 Å². The van der Waals surface area contributed by atoms with Crippen LogP contribution in [0.25, 0.3) is 0 Å². The van der Waals surface area contributed by atoms with E-state index in [0.717, 1.165) is 0 Å². The van der Waals surface area contributed by atoms with Crippen molar-refractivity contribution >= 4 is 70.9 Å². The molecule has 0 aromatic rings. The van der Waals surface area contributed by atoms with Crippen molar-refractivity contribution in [2.24, 2.45) is 64.9 Å². The second kappa shape index (κ2) is 38.9. The summed E-state index contributed by atoms with van der Waals surface area (Å²) < 4.78 is 0. The Morgan fingerprint density at radius 3 is 1.00 bits per heavy atom. The van der Waals surface area contributed by atoms with E-state index in [4.69, 9.17) is 5.73 Å². The zero-order chi connectivity index (χ0) is 69.3. The quantitative estimate of drug-likeness (QED) is 0.0342. The fraction of sp³-hybridized carbons (Fsp3) is 0.818. The van der Waals surface area contributed by atoms with Gasteiger partial charge in [-0.2, -0.15) is 0 Å². The van der Waals surface area contributed by atoms with Crippen LogP contribution in [0.2, 0.25) is 0 Å². The van der Waals surface area contributed by atoms with Crippen LogP contribution in [0.15, 0.2) is 0 Å². The minimum atomic E-state index is -0.654. The molecule has 5 aliphatic rings. The number of primary amides is 1. The molecule has 0 bridgehead atoms. The van der Waals surface area contributed by atoms with Crippen LogP contribution in [-0.4, -0.2) is 190 Å². The summed E-state index contributed by atoms with van der Waals surface area (Å²) in [6, 6.07) is -4.93. The van der Waals surface area contributed by atoms with Gasteiger partial charge in [-0.1, -0.05) is 75.7 Å². The highest BCUT2D eigenvalue weighted by Gasteiger charge is 2.42. The molecule has 0 aromatic heterocycles. The van der Waals surface area contributed by atoms with Gasteiger partial charge in [-0.05, 0) is 74.5 Å². The van der Waals surface area contributed by atoms with E-state index in [1.54, 1.807) is 0 Å². The van der Waals surface area contributed by atoms with Crippen molar-refractivity contribution in [1.29, 1.82) is 0 Å². The first-order valence-electron chi connectivity index (χ1n) is 34.8. The Morgan fingerprint density at radius 1 is 0.351 bits per heavy atom. The van der Waals surface area contributed by atoms with Crippen molar-refractivity contribution in [2.75, 3.05) is 58.9 Å². The maximum absolute atomic E-state index is 14.1. The number of rotatable bonds is 38. The van der Waals surface area contributed by atoms with Gasteiger partial charge < -0.3 is 85.5 Å². The van der Waals surface area contributed by atoms with E-state index in [-0.39, 0.29) is 152 Å². The number of carbonyl (C=O) groups excluding carboxylic acids is 12. The summed E-state index contributed by atoms with van der Waals surface area (Å²) in [5.41, 5.74) is 5.47. The third-order valence-corrected chi connectivity index (χ3v) is 18.2. The standard InChI is InChI=1S/C66H116N16O12/c1-35(2)17-41(22-56(67)84)74-63(91)48-28-69-32-53(48)80-60(88)25-44(20-38(7)8)75-62(90)46-13-12-14-51(46)82-66(94)50-30-71-34-55(50)81-61(89)26-45(21-39(9)10)77-64(92)47-27-68-31-52(47)78-57(85)15-16-72-58(86)23-43(19-37(5)6)76-65(93)49-29-70-33-54(49)79-59(87)24-42(18-36(3)4)73-40(11)83/h35-39,41-55,68-71H,12-34H2,1-11H3,(H2,67,84)(H,72,86)(H,73,83)(H,74,91)(H,75,90)(H,76,93)(H,77,92)(H,78,85)(H,79,87)(H,80,88)(H,81,89)(H,82,94)/t41-,42-,43-,44-,45-,46-,47-,48-,49-,50-,51-,52-,53-,54-,55-/m0/s1. The monoisotopic (exact) mass is 1320 g/mol. The molecule has 0 aromatic carbocycles. The zero-order valence-corrected chi connectivity index (χ0v) is 57.8. The molecule has 1 saturated carbocycles. The van der Waals surface area contributed by atoms with Crippen LogP contribution >= 0.6 is 0 Å². The van der Waals surface area contributed by atoms with Gasteiger partial charge in [0.25, 0.3) is 0 Å². The molecular weight excluding hydrogens is 1210 g/mol. The molecule has 5 rings (SSSR count). The minimum Gasteiger partial charge on any atom is -0.370 e. The molecule has 17 N–H and O–H groups in total. The summed E-state index contributed by atoms with van der Waals surface area (Å²) in [5, 5.41) is 45.7. The molecule has 4 saturated heterocycles. The van der Waals surface area contributed by atoms with Gasteiger partial charge in [0.1, 0.15) is 0 Å². The summed E-state index contributed by atoms with van der Waals surface area (Å²) in [6.45, 7) is 24.1. The lowest BCUT2D eigenvalue weighted by atomic mass is 9.95. The topological polar surface area (TPSA) is 411 Å². The van der Waals surface area contributed by atoms with Crippen molar-refractivity contribution in [3.05, 3.63) is 0 Å². The number of nitrogens with one attached hydrogen (secondary N) is 15. The molecule has 28 heteroatoms. The second-order valence-corrected chi connectivity index (χ2v) is 29.4. The van der Waals surface area contributed by atoms with Gasteiger partial charge in [-0.15, -0.1) is 0 Å². The van der Waals surface area contributed by atoms with E-state index >= 15 is 0 Å². The number of amides is 12. The third-order valence-electron chi connectivity index (χ3n) is 18.2. The first kappa shape index (κ1) is 78.2. The molecule has 1 aliphatic carbocycles. The molecule has 0 unspecified atom stereocenters. The highest BCUT2D eigenvalue weighted by atomic mass is 16.2. The number of carbonyl (C=O) groups is 12. The number of hydrogen-bond donors (Lipinski definition) is 16. The van der Waals surface area contributed by atoms with E-state index in [1.165, 1.54) is 6.92 Å². The molecule has 5 fully saturated rings. The Kier molecular flexibility index (Phi) is 32.3. The fourth-order valence-corrected chi connectivity index (χ4v) is 14.1. The Morgan fingerprint density at radius 2 is 0.660 bits per heavy atom. The van der Waals surface area contributed by atoms with Crippen molar-refractivity contribution in [1.82, 2.24) is 79.8 Å². The Hall–Kier alpha value is -6.52. The summed E-state index contributed by atoms with van der Waals surface area (Å²) >= 11 is 0. The lowest BCUT2D eigenvalue weighted by molar-refractivity contribution is -0.130. The third kappa shape index (κ3) is 27.3. The van der Waals surface area contributed by atoms with Gasteiger partial charge in [0.2, 0.25) is 70.9 Å². The van der Waals surface area contributed by atoms with Crippen LogP contribution in [-0.2, 0) is 57.5 Å². The Bertz CT molecular complexity index is 2570. The average Bonchev–Trinajstić information content (AvgIpc) is 1.69. The highest BCUT2D eigenvalue weighted by molar-refractivity contribution is 5.88.